The summed E-state index contributed by atoms with van der Waals surface area (Å²) in [4.78, 5) is 43.9. The molecule has 0 amide bonds. The molecule has 3 aromatic carbocycles. The molecule has 1 aliphatic heterocycles. The highest BCUT2D eigenvalue weighted by Crippen LogP contribution is 2.37. The van der Waals surface area contributed by atoms with E-state index in [2.05, 4.69) is 20.9 Å². The number of thiazole rings is 1. The average Bonchev–Trinajstić information content (AvgIpc) is 3.32. The Kier molecular flexibility index (Phi) is 9.78. The molecule has 1 aromatic heterocycles. The first-order valence-electron chi connectivity index (χ1n) is 14.2. The molecule has 0 saturated carbocycles. The first-order valence-corrected chi connectivity index (χ1v) is 15.8. The number of carbonyl (C=O) groups excluding carboxylic acids is 1. The van der Waals surface area contributed by atoms with Crippen LogP contribution in [-0.4, -0.2) is 41.9 Å². The molecule has 238 valence electrons. The molecule has 46 heavy (non-hydrogen) atoms. The predicted molar refractivity (Wildman–Crippen MR) is 176 cm³/mol. The van der Waals surface area contributed by atoms with Crippen molar-refractivity contribution in [3.8, 4) is 17.2 Å². The van der Waals surface area contributed by atoms with E-state index >= 15 is 0 Å². The van der Waals surface area contributed by atoms with Gasteiger partial charge >= 0.3 is 11.9 Å². The number of hydrogen-bond donors (Lipinski definition) is 1. The van der Waals surface area contributed by atoms with Gasteiger partial charge in [-0.3, -0.25) is 9.36 Å². The van der Waals surface area contributed by atoms with Gasteiger partial charge in [0.1, 0.15) is 18.4 Å². The van der Waals surface area contributed by atoms with Crippen LogP contribution in [0.4, 0.5) is 0 Å². The molecule has 0 saturated heterocycles. The quantitative estimate of drug-likeness (QED) is 0.222. The van der Waals surface area contributed by atoms with Gasteiger partial charge < -0.3 is 24.1 Å². The second-order valence-electron chi connectivity index (χ2n) is 10.6. The van der Waals surface area contributed by atoms with E-state index in [4.69, 9.17) is 18.9 Å². The van der Waals surface area contributed by atoms with Crippen molar-refractivity contribution in [3.63, 3.8) is 0 Å². The highest BCUT2D eigenvalue weighted by Gasteiger charge is 2.35. The summed E-state index contributed by atoms with van der Waals surface area (Å²) in [7, 11) is 3.05. The summed E-state index contributed by atoms with van der Waals surface area (Å²) >= 11 is 4.72. The Morgan fingerprint density at radius 1 is 1.04 bits per heavy atom. The van der Waals surface area contributed by atoms with Crippen molar-refractivity contribution in [2.45, 2.75) is 39.5 Å². The number of methoxy groups -OCH3 is 2. The number of nitrogens with zero attached hydrogens (tertiary/aromatic N) is 2. The standard InChI is InChI=1S/C34H31BrN2O8S/c1-18(2)45-33(41)29-19(3)36-34-37(30(29)24-16-23(35)10-12-25(24)42-4)31(38)28(46-34)15-20-9-11-26(27(14-20)43-5)44-17-21-7-6-8-22(13-21)32(39)40/h6-16,18,30H,17H2,1-5H3,(H,39,40)/b28-15-/t30-/m1/s1. The van der Waals surface area contributed by atoms with Crippen LogP contribution < -0.4 is 29.1 Å². The Labute approximate surface area is 277 Å². The van der Waals surface area contributed by atoms with Gasteiger partial charge in [0.15, 0.2) is 16.3 Å². The van der Waals surface area contributed by atoms with Crippen LogP contribution in [0.25, 0.3) is 6.08 Å². The van der Waals surface area contributed by atoms with Gasteiger partial charge in [0.2, 0.25) is 0 Å². The first kappa shape index (κ1) is 32.7. The average molecular weight is 708 g/mol. The van der Waals surface area contributed by atoms with Gasteiger partial charge in [0.05, 0.1) is 41.7 Å². The monoisotopic (exact) mass is 706 g/mol. The van der Waals surface area contributed by atoms with Crippen LogP contribution in [0.1, 0.15) is 53.9 Å². The van der Waals surface area contributed by atoms with Gasteiger partial charge in [0, 0.05) is 10.0 Å². The number of ether oxygens (including phenoxy) is 4. The van der Waals surface area contributed by atoms with Crippen molar-refractivity contribution in [2.24, 2.45) is 4.99 Å². The number of carboxylic acids is 1. The number of benzene rings is 3. The summed E-state index contributed by atoms with van der Waals surface area (Å²) in [5.41, 5.74) is 2.50. The Morgan fingerprint density at radius 2 is 1.78 bits per heavy atom. The fraction of sp³-hybridized carbons (Fsp3) is 0.235. The van der Waals surface area contributed by atoms with Gasteiger partial charge in [-0.2, -0.15) is 0 Å². The zero-order chi connectivity index (χ0) is 33.1. The minimum absolute atomic E-state index is 0.134. The summed E-state index contributed by atoms with van der Waals surface area (Å²) in [6.07, 6.45) is 1.35. The lowest BCUT2D eigenvalue weighted by Crippen LogP contribution is -2.40. The van der Waals surface area contributed by atoms with Crippen LogP contribution in [0.3, 0.4) is 0 Å². The van der Waals surface area contributed by atoms with Crippen molar-refractivity contribution in [1.82, 2.24) is 4.57 Å². The van der Waals surface area contributed by atoms with E-state index in [1.54, 1.807) is 69.3 Å². The number of hydrogen-bond acceptors (Lipinski definition) is 9. The molecule has 0 radical (unpaired) electrons. The molecule has 1 N–H and O–H groups in total. The summed E-state index contributed by atoms with van der Waals surface area (Å²) in [6, 6.07) is 16.3. The molecule has 1 aliphatic rings. The number of aromatic carboxylic acids is 1. The minimum Gasteiger partial charge on any atom is -0.496 e. The summed E-state index contributed by atoms with van der Waals surface area (Å²) in [5.74, 6) is -0.192. The summed E-state index contributed by atoms with van der Waals surface area (Å²) in [5, 5.41) is 9.27. The van der Waals surface area contributed by atoms with Crippen molar-refractivity contribution in [3.05, 3.63) is 118 Å². The molecular formula is C34H31BrN2O8S. The van der Waals surface area contributed by atoms with E-state index in [9.17, 15) is 19.5 Å². The number of aromatic nitrogens is 1. The molecule has 4 aromatic rings. The van der Waals surface area contributed by atoms with Gasteiger partial charge in [-0.05, 0) is 80.4 Å². The van der Waals surface area contributed by atoms with Crippen LogP contribution >= 0.6 is 27.3 Å². The molecule has 0 bridgehead atoms. The van der Waals surface area contributed by atoms with Gasteiger partial charge in [-0.1, -0.05) is 45.5 Å². The Balaban J connectivity index is 1.56. The van der Waals surface area contributed by atoms with Crippen LogP contribution in [0.2, 0.25) is 0 Å². The van der Waals surface area contributed by atoms with Gasteiger partial charge in [-0.15, -0.1) is 0 Å². The van der Waals surface area contributed by atoms with Crippen LogP contribution in [0.15, 0.2) is 86.2 Å². The molecule has 0 spiro atoms. The zero-order valence-electron chi connectivity index (χ0n) is 25.7. The third-order valence-corrected chi connectivity index (χ3v) is 8.60. The Hall–Kier alpha value is -4.68. The maximum Gasteiger partial charge on any atom is 0.338 e. The molecular weight excluding hydrogens is 676 g/mol. The second kappa shape index (κ2) is 13.8. The molecule has 10 nitrogen and oxygen atoms in total. The maximum absolute atomic E-state index is 14.1. The van der Waals surface area contributed by atoms with Crippen LogP contribution in [0.5, 0.6) is 17.2 Å². The number of allylic oxidation sites excluding steroid dienone is 1. The summed E-state index contributed by atoms with van der Waals surface area (Å²) in [6.45, 7) is 5.39. The van der Waals surface area contributed by atoms with Crippen molar-refractivity contribution < 1.29 is 33.6 Å². The normalized spacial score (nSPS) is 14.5. The van der Waals surface area contributed by atoms with Gasteiger partial charge in [-0.25, -0.2) is 14.6 Å². The summed E-state index contributed by atoms with van der Waals surface area (Å²) < 4.78 is 25.4. The molecule has 0 fully saturated rings. The number of esters is 1. The van der Waals surface area contributed by atoms with Crippen LogP contribution in [0, 0.1) is 0 Å². The van der Waals surface area contributed by atoms with E-state index in [1.165, 1.54) is 36.2 Å². The van der Waals surface area contributed by atoms with E-state index in [1.807, 2.05) is 12.1 Å². The fourth-order valence-corrected chi connectivity index (χ4v) is 6.50. The second-order valence-corrected chi connectivity index (χ2v) is 12.6. The molecule has 0 aliphatic carbocycles. The predicted octanol–water partition coefficient (Wildman–Crippen LogP) is 5.24. The van der Waals surface area contributed by atoms with Crippen molar-refractivity contribution >= 4 is 45.3 Å². The van der Waals surface area contributed by atoms with Crippen LogP contribution in [-0.2, 0) is 16.1 Å². The minimum atomic E-state index is -1.02. The first-order chi connectivity index (χ1) is 22.0. The van der Waals surface area contributed by atoms with E-state index in [-0.39, 0.29) is 29.4 Å². The highest BCUT2D eigenvalue weighted by molar-refractivity contribution is 9.10. The topological polar surface area (TPSA) is 126 Å². The number of carbonyl (C=O) groups is 2. The number of halogens is 1. The smallest absolute Gasteiger partial charge is 0.338 e. The van der Waals surface area contributed by atoms with E-state index in [0.717, 1.165) is 4.47 Å². The molecule has 2 heterocycles. The van der Waals surface area contributed by atoms with Crippen molar-refractivity contribution in [2.75, 3.05) is 14.2 Å². The largest absolute Gasteiger partial charge is 0.496 e. The number of fused-ring (bicyclic) bond motifs is 1. The van der Waals surface area contributed by atoms with Gasteiger partial charge in [0.25, 0.3) is 5.56 Å². The fourth-order valence-electron chi connectivity index (χ4n) is 5.07. The molecule has 5 rings (SSSR count). The lowest BCUT2D eigenvalue weighted by atomic mass is 9.95. The third-order valence-electron chi connectivity index (χ3n) is 7.12. The Bertz CT molecular complexity index is 2050. The number of carboxylic acid groups (broad SMARTS) is 1. The lowest BCUT2D eigenvalue weighted by Gasteiger charge is -2.26. The SMILES string of the molecule is COc1cc(/C=c2\sc3n(c2=O)[C@H](c2cc(Br)ccc2OC)C(C(=O)OC(C)C)=C(C)N=3)ccc1OCc1cccc(C(=O)O)c1. The highest BCUT2D eigenvalue weighted by atomic mass is 79.9. The third kappa shape index (κ3) is 6.77. The molecule has 12 heteroatoms. The van der Waals surface area contributed by atoms with E-state index in [0.29, 0.717) is 49.0 Å². The maximum atomic E-state index is 14.1. The van der Waals surface area contributed by atoms with Crippen molar-refractivity contribution in [1.29, 1.82) is 0 Å². The zero-order valence-corrected chi connectivity index (χ0v) is 28.1. The molecule has 0 unspecified atom stereocenters. The molecule has 1 atom stereocenters. The Morgan fingerprint density at radius 3 is 2.48 bits per heavy atom. The lowest BCUT2D eigenvalue weighted by molar-refractivity contribution is -0.143. The van der Waals surface area contributed by atoms with E-state index < -0.39 is 18.0 Å². The number of rotatable bonds is 10.